The van der Waals surface area contributed by atoms with Crippen molar-refractivity contribution >= 4 is 17.3 Å². The molecule has 1 aliphatic carbocycles. The zero-order valence-electron chi connectivity index (χ0n) is 17.2. The van der Waals surface area contributed by atoms with Gasteiger partial charge in [-0.3, -0.25) is 14.9 Å². The minimum atomic E-state index is -0.939. The van der Waals surface area contributed by atoms with Crippen LogP contribution < -0.4 is 4.90 Å². The summed E-state index contributed by atoms with van der Waals surface area (Å²) in [7, 11) is 1.33. The third-order valence-electron chi connectivity index (χ3n) is 5.48. The highest BCUT2D eigenvalue weighted by Crippen LogP contribution is 2.37. The van der Waals surface area contributed by atoms with E-state index in [1.807, 2.05) is 12.1 Å². The largest absolute Gasteiger partial charge is 0.468 e. The summed E-state index contributed by atoms with van der Waals surface area (Å²) in [6, 6.07) is 5.52. The van der Waals surface area contributed by atoms with Gasteiger partial charge in [-0.1, -0.05) is 39.2 Å². The van der Waals surface area contributed by atoms with Crippen molar-refractivity contribution in [3.05, 3.63) is 33.9 Å². The van der Waals surface area contributed by atoms with E-state index in [4.69, 9.17) is 4.74 Å². The lowest BCUT2D eigenvalue weighted by molar-refractivity contribution is -0.384. The molecule has 0 bridgehead atoms. The molecule has 6 nitrogen and oxygen atoms in total. The summed E-state index contributed by atoms with van der Waals surface area (Å²) in [6.07, 6.45) is 5.71. The van der Waals surface area contributed by atoms with Gasteiger partial charge in [-0.05, 0) is 44.2 Å². The van der Waals surface area contributed by atoms with Crippen LogP contribution >= 0.6 is 0 Å². The monoisotopic (exact) mass is 376 g/mol. The molecule has 27 heavy (non-hydrogen) atoms. The quantitative estimate of drug-likeness (QED) is 0.387. The molecule has 2 rings (SSSR count). The highest BCUT2D eigenvalue weighted by Gasteiger charge is 2.34. The van der Waals surface area contributed by atoms with E-state index in [0.29, 0.717) is 23.2 Å². The van der Waals surface area contributed by atoms with E-state index in [2.05, 4.69) is 18.7 Å². The molecule has 0 atom stereocenters. The standard InChI is InChI=1S/C21H32N2O4/c1-15(2)14-22(17-9-7-6-8-10-17)18-12-11-16(13-19(18)23(25)26)21(3,4)20(24)27-5/h11-13,15,17H,6-10,14H2,1-5H3. The van der Waals surface area contributed by atoms with Gasteiger partial charge in [0.1, 0.15) is 5.69 Å². The number of ether oxygens (including phenoxy) is 1. The first-order valence-corrected chi connectivity index (χ1v) is 9.82. The molecule has 1 aromatic rings. The number of rotatable bonds is 7. The van der Waals surface area contributed by atoms with Crippen molar-refractivity contribution in [2.24, 2.45) is 5.92 Å². The Balaban J connectivity index is 2.49. The smallest absolute Gasteiger partial charge is 0.315 e. The van der Waals surface area contributed by atoms with Gasteiger partial charge in [0, 0.05) is 18.7 Å². The molecule has 0 aromatic heterocycles. The van der Waals surface area contributed by atoms with Crippen LogP contribution in [0, 0.1) is 16.0 Å². The van der Waals surface area contributed by atoms with Crippen LogP contribution in [0.15, 0.2) is 18.2 Å². The number of carbonyl (C=O) groups excluding carboxylic acids is 1. The second-order valence-electron chi connectivity index (χ2n) is 8.42. The Morgan fingerprint density at radius 1 is 1.30 bits per heavy atom. The minimum Gasteiger partial charge on any atom is -0.468 e. The highest BCUT2D eigenvalue weighted by molar-refractivity contribution is 5.83. The van der Waals surface area contributed by atoms with Crippen molar-refractivity contribution in [2.75, 3.05) is 18.6 Å². The number of esters is 1. The Bertz CT molecular complexity index is 679. The van der Waals surface area contributed by atoms with Crippen LogP contribution in [0.25, 0.3) is 0 Å². The summed E-state index contributed by atoms with van der Waals surface area (Å²) in [4.78, 5) is 25.9. The predicted octanol–water partition coefficient (Wildman–Crippen LogP) is 4.84. The zero-order chi connectivity index (χ0) is 20.2. The van der Waals surface area contributed by atoms with E-state index < -0.39 is 11.4 Å². The van der Waals surface area contributed by atoms with Crippen molar-refractivity contribution in [1.29, 1.82) is 0 Å². The first kappa shape index (κ1) is 21.2. The van der Waals surface area contributed by atoms with Gasteiger partial charge < -0.3 is 9.64 Å². The second kappa shape index (κ2) is 8.72. The third kappa shape index (κ3) is 4.79. The summed E-state index contributed by atoms with van der Waals surface area (Å²) in [5.41, 5.74) is 0.379. The van der Waals surface area contributed by atoms with Crippen LogP contribution in [0.1, 0.15) is 65.4 Å². The van der Waals surface area contributed by atoms with Crippen LogP contribution in [0.4, 0.5) is 11.4 Å². The van der Waals surface area contributed by atoms with Crippen LogP contribution in [0.5, 0.6) is 0 Å². The number of nitro groups is 1. The lowest BCUT2D eigenvalue weighted by Gasteiger charge is -2.37. The average Bonchev–Trinajstić information content (AvgIpc) is 2.65. The number of carbonyl (C=O) groups is 1. The Labute approximate surface area is 162 Å². The van der Waals surface area contributed by atoms with Gasteiger partial charge in [-0.2, -0.15) is 0 Å². The van der Waals surface area contributed by atoms with E-state index in [-0.39, 0.29) is 10.6 Å². The molecule has 0 saturated heterocycles. The van der Waals surface area contributed by atoms with Crippen LogP contribution in [0.2, 0.25) is 0 Å². The molecule has 150 valence electrons. The topological polar surface area (TPSA) is 72.7 Å². The van der Waals surface area contributed by atoms with Crippen molar-refractivity contribution < 1.29 is 14.5 Å². The molecule has 1 fully saturated rings. The minimum absolute atomic E-state index is 0.0655. The first-order valence-electron chi connectivity index (χ1n) is 9.82. The number of hydrogen-bond donors (Lipinski definition) is 0. The van der Waals surface area contributed by atoms with E-state index >= 15 is 0 Å². The van der Waals surface area contributed by atoms with Crippen molar-refractivity contribution in [2.45, 2.75) is 71.3 Å². The molecule has 0 spiro atoms. The number of methoxy groups -OCH3 is 1. The molecular formula is C21H32N2O4. The third-order valence-corrected chi connectivity index (χ3v) is 5.48. The van der Waals surface area contributed by atoms with E-state index in [9.17, 15) is 14.9 Å². The molecule has 1 saturated carbocycles. The molecule has 0 radical (unpaired) electrons. The first-order chi connectivity index (χ1) is 12.7. The number of benzene rings is 1. The molecule has 0 N–H and O–H groups in total. The number of nitro benzene ring substituents is 1. The lowest BCUT2D eigenvalue weighted by Crippen LogP contribution is -2.40. The fraction of sp³-hybridized carbons (Fsp3) is 0.667. The molecule has 0 heterocycles. The molecule has 0 unspecified atom stereocenters. The molecule has 1 aromatic carbocycles. The van der Waals surface area contributed by atoms with Gasteiger partial charge >= 0.3 is 5.97 Å². The Hall–Kier alpha value is -2.11. The Morgan fingerprint density at radius 2 is 1.93 bits per heavy atom. The molecule has 0 amide bonds. The lowest BCUT2D eigenvalue weighted by atomic mass is 9.84. The van der Waals surface area contributed by atoms with Crippen LogP contribution in [0.3, 0.4) is 0 Å². The number of nitrogens with zero attached hydrogens (tertiary/aromatic N) is 2. The summed E-state index contributed by atoms with van der Waals surface area (Å²) in [6.45, 7) is 8.51. The molecular weight excluding hydrogens is 344 g/mol. The van der Waals surface area contributed by atoms with Gasteiger partial charge in [0.15, 0.2) is 0 Å². The van der Waals surface area contributed by atoms with Gasteiger partial charge in [0.2, 0.25) is 0 Å². The number of hydrogen-bond acceptors (Lipinski definition) is 5. The fourth-order valence-corrected chi connectivity index (χ4v) is 3.90. The number of anilines is 1. The SMILES string of the molecule is COC(=O)C(C)(C)c1ccc(N(CC(C)C)C2CCCCC2)c([N+](=O)[O-])c1. The summed E-state index contributed by atoms with van der Waals surface area (Å²) in [5.74, 6) is -0.00594. The summed E-state index contributed by atoms with van der Waals surface area (Å²) < 4.78 is 4.88. The maximum absolute atomic E-state index is 12.1. The van der Waals surface area contributed by atoms with Gasteiger partial charge in [0.05, 0.1) is 17.4 Å². The normalized spacial score (nSPS) is 15.6. The van der Waals surface area contributed by atoms with E-state index in [0.717, 1.165) is 19.4 Å². The Morgan fingerprint density at radius 3 is 2.44 bits per heavy atom. The summed E-state index contributed by atoms with van der Waals surface area (Å²) >= 11 is 0. The highest BCUT2D eigenvalue weighted by atomic mass is 16.6. The maximum Gasteiger partial charge on any atom is 0.315 e. The van der Waals surface area contributed by atoms with Crippen LogP contribution in [-0.4, -0.2) is 30.6 Å². The predicted molar refractivity (Wildman–Crippen MR) is 107 cm³/mol. The van der Waals surface area contributed by atoms with E-state index in [1.165, 1.54) is 26.4 Å². The zero-order valence-corrected chi connectivity index (χ0v) is 17.2. The molecule has 0 aliphatic heterocycles. The van der Waals surface area contributed by atoms with Crippen molar-refractivity contribution in [3.63, 3.8) is 0 Å². The average molecular weight is 376 g/mol. The maximum atomic E-state index is 12.1. The fourth-order valence-electron chi connectivity index (χ4n) is 3.90. The van der Waals surface area contributed by atoms with Crippen molar-refractivity contribution in [3.8, 4) is 0 Å². The molecule has 6 heteroatoms. The van der Waals surface area contributed by atoms with Gasteiger partial charge in [0.25, 0.3) is 5.69 Å². The van der Waals surface area contributed by atoms with Crippen molar-refractivity contribution in [1.82, 2.24) is 0 Å². The second-order valence-corrected chi connectivity index (χ2v) is 8.42. The van der Waals surface area contributed by atoms with E-state index in [1.54, 1.807) is 19.9 Å². The van der Waals surface area contributed by atoms with Gasteiger partial charge in [-0.15, -0.1) is 0 Å². The summed E-state index contributed by atoms with van der Waals surface area (Å²) in [5, 5.41) is 11.9. The molecule has 1 aliphatic rings. The Kier molecular flexibility index (Phi) is 6.84. The van der Waals surface area contributed by atoms with Crippen LogP contribution in [-0.2, 0) is 14.9 Å². The van der Waals surface area contributed by atoms with Gasteiger partial charge in [-0.25, -0.2) is 0 Å².